The van der Waals surface area contributed by atoms with Gasteiger partial charge in [0.25, 0.3) is 5.91 Å². The molecule has 5 nitrogen and oxygen atoms in total. The molecule has 0 saturated carbocycles. The summed E-state index contributed by atoms with van der Waals surface area (Å²) >= 11 is 5.91. The first-order chi connectivity index (χ1) is 12.0. The van der Waals surface area contributed by atoms with Crippen molar-refractivity contribution in [2.24, 2.45) is 0 Å². The van der Waals surface area contributed by atoms with Crippen molar-refractivity contribution in [2.75, 3.05) is 6.54 Å². The van der Waals surface area contributed by atoms with Gasteiger partial charge in [-0.1, -0.05) is 35.9 Å². The molecule has 0 radical (unpaired) electrons. The Balaban J connectivity index is 1.89. The zero-order valence-corrected chi connectivity index (χ0v) is 14.3. The van der Waals surface area contributed by atoms with Gasteiger partial charge in [0.2, 0.25) is 0 Å². The molecule has 0 spiro atoms. The van der Waals surface area contributed by atoms with Crippen molar-refractivity contribution >= 4 is 34.4 Å². The largest absolute Gasteiger partial charge is 0.481 e. The molecular weight excluding hydrogens is 342 g/mol. The Morgan fingerprint density at radius 2 is 1.80 bits per heavy atom. The fourth-order valence-electron chi connectivity index (χ4n) is 2.63. The van der Waals surface area contributed by atoms with E-state index in [4.69, 9.17) is 21.1 Å². The lowest BCUT2D eigenvalue weighted by Gasteiger charge is -2.01. The Bertz CT molecular complexity index is 944. The molecule has 0 unspecified atom stereocenters. The van der Waals surface area contributed by atoms with Crippen LogP contribution >= 0.6 is 11.6 Å². The molecule has 1 amide bonds. The molecule has 2 aromatic carbocycles. The Hall–Kier alpha value is -2.79. The van der Waals surface area contributed by atoms with E-state index in [2.05, 4.69) is 5.32 Å². The number of aliphatic carboxylic acids is 1. The van der Waals surface area contributed by atoms with E-state index in [1.165, 1.54) is 0 Å². The van der Waals surface area contributed by atoms with E-state index in [1.807, 2.05) is 42.5 Å². The van der Waals surface area contributed by atoms with Crippen molar-refractivity contribution in [2.45, 2.75) is 13.3 Å². The molecule has 0 aliphatic heterocycles. The van der Waals surface area contributed by atoms with Crippen LogP contribution < -0.4 is 5.32 Å². The number of carbonyl (C=O) groups is 2. The second kappa shape index (κ2) is 6.99. The Labute approximate surface area is 149 Å². The van der Waals surface area contributed by atoms with Crippen LogP contribution in [0.3, 0.4) is 0 Å². The summed E-state index contributed by atoms with van der Waals surface area (Å²) < 4.78 is 5.72. The summed E-state index contributed by atoms with van der Waals surface area (Å²) in [4.78, 5) is 22.7. The van der Waals surface area contributed by atoms with Gasteiger partial charge < -0.3 is 14.8 Å². The van der Waals surface area contributed by atoms with Crippen LogP contribution in [0.5, 0.6) is 0 Å². The van der Waals surface area contributed by atoms with Gasteiger partial charge in [0, 0.05) is 22.5 Å². The maximum atomic E-state index is 12.2. The van der Waals surface area contributed by atoms with Crippen LogP contribution in [0.25, 0.3) is 22.1 Å². The van der Waals surface area contributed by atoms with E-state index in [-0.39, 0.29) is 18.7 Å². The number of carbonyl (C=O) groups excluding carboxylic acids is 1. The molecule has 0 fully saturated rings. The summed E-state index contributed by atoms with van der Waals surface area (Å²) in [5, 5.41) is 12.7. The lowest BCUT2D eigenvalue weighted by molar-refractivity contribution is -0.136. The predicted octanol–water partition coefficient (Wildman–Crippen LogP) is 4.27. The highest BCUT2D eigenvalue weighted by Gasteiger charge is 2.18. The molecule has 0 atom stereocenters. The van der Waals surface area contributed by atoms with E-state index >= 15 is 0 Å². The third-order valence-corrected chi connectivity index (χ3v) is 4.20. The van der Waals surface area contributed by atoms with Gasteiger partial charge in [0.05, 0.1) is 6.42 Å². The summed E-state index contributed by atoms with van der Waals surface area (Å²) in [6.07, 6.45) is -0.133. The minimum Gasteiger partial charge on any atom is -0.481 e. The standard InChI is InChI=1S/C19H16ClNO4/c1-11-15-7-4-13(12-2-5-14(20)6-3-12)10-16(15)25-18(11)19(24)21-9-8-17(22)23/h2-7,10H,8-9H2,1H3,(H,21,24)(H,22,23). The molecule has 2 N–H and O–H groups in total. The number of aryl methyl sites for hydroxylation is 1. The second-order valence-corrected chi connectivity index (χ2v) is 6.11. The number of carboxylic acid groups (broad SMARTS) is 1. The second-order valence-electron chi connectivity index (χ2n) is 5.67. The number of hydrogen-bond donors (Lipinski definition) is 2. The van der Waals surface area contributed by atoms with Gasteiger partial charge >= 0.3 is 5.97 Å². The molecular formula is C19H16ClNO4. The number of benzene rings is 2. The molecule has 0 saturated heterocycles. The lowest BCUT2D eigenvalue weighted by Crippen LogP contribution is -2.26. The molecule has 128 valence electrons. The van der Waals surface area contributed by atoms with Crippen molar-refractivity contribution in [3.8, 4) is 11.1 Å². The topological polar surface area (TPSA) is 79.5 Å². The summed E-state index contributed by atoms with van der Waals surface area (Å²) in [6, 6.07) is 13.2. The van der Waals surface area contributed by atoms with E-state index in [1.54, 1.807) is 6.92 Å². The number of hydrogen-bond acceptors (Lipinski definition) is 3. The highest BCUT2D eigenvalue weighted by atomic mass is 35.5. The number of fused-ring (bicyclic) bond motifs is 1. The number of nitrogens with one attached hydrogen (secondary N) is 1. The Morgan fingerprint density at radius 3 is 2.48 bits per heavy atom. The molecule has 25 heavy (non-hydrogen) atoms. The van der Waals surface area contributed by atoms with Crippen LogP contribution in [-0.2, 0) is 4.79 Å². The first-order valence-electron chi connectivity index (χ1n) is 7.75. The molecule has 3 aromatic rings. The normalized spacial score (nSPS) is 10.8. The van der Waals surface area contributed by atoms with E-state index in [0.29, 0.717) is 10.6 Å². The van der Waals surface area contributed by atoms with Gasteiger partial charge in [0.1, 0.15) is 5.58 Å². The third-order valence-electron chi connectivity index (χ3n) is 3.95. The van der Waals surface area contributed by atoms with Crippen molar-refractivity contribution < 1.29 is 19.1 Å². The number of carboxylic acids is 1. The van der Waals surface area contributed by atoms with Crippen LogP contribution in [-0.4, -0.2) is 23.5 Å². The molecule has 0 bridgehead atoms. The average molecular weight is 358 g/mol. The average Bonchev–Trinajstić information content (AvgIpc) is 2.91. The summed E-state index contributed by atoms with van der Waals surface area (Å²) in [6.45, 7) is 1.86. The van der Waals surface area contributed by atoms with Gasteiger partial charge in [-0.2, -0.15) is 0 Å². The van der Waals surface area contributed by atoms with Gasteiger partial charge in [-0.05, 0) is 36.2 Å². The molecule has 1 heterocycles. The summed E-state index contributed by atoms with van der Waals surface area (Å²) in [7, 11) is 0. The van der Waals surface area contributed by atoms with Crippen LogP contribution in [0.1, 0.15) is 22.5 Å². The van der Waals surface area contributed by atoms with Crippen LogP contribution in [0, 0.1) is 6.92 Å². The smallest absolute Gasteiger partial charge is 0.305 e. The van der Waals surface area contributed by atoms with Crippen LogP contribution in [0.15, 0.2) is 46.9 Å². The van der Waals surface area contributed by atoms with Gasteiger partial charge in [-0.15, -0.1) is 0 Å². The monoisotopic (exact) mass is 357 g/mol. The first-order valence-corrected chi connectivity index (χ1v) is 8.12. The van der Waals surface area contributed by atoms with Crippen molar-refractivity contribution in [3.63, 3.8) is 0 Å². The minimum atomic E-state index is -0.964. The number of amides is 1. The highest BCUT2D eigenvalue weighted by molar-refractivity contribution is 6.30. The zero-order chi connectivity index (χ0) is 18.0. The Kier molecular flexibility index (Phi) is 4.76. The number of rotatable bonds is 5. The minimum absolute atomic E-state index is 0.0562. The lowest BCUT2D eigenvalue weighted by atomic mass is 10.0. The fourth-order valence-corrected chi connectivity index (χ4v) is 2.75. The predicted molar refractivity (Wildman–Crippen MR) is 96.0 cm³/mol. The van der Waals surface area contributed by atoms with Gasteiger partial charge in [0.15, 0.2) is 5.76 Å². The third kappa shape index (κ3) is 3.67. The van der Waals surface area contributed by atoms with Crippen molar-refractivity contribution in [3.05, 3.63) is 58.8 Å². The van der Waals surface area contributed by atoms with E-state index in [0.717, 1.165) is 22.1 Å². The SMILES string of the molecule is Cc1c(C(=O)NCCC(=O)O)oc2cc(-c3ccc(Cl)cc3)ccc12. The van der Waals surface area contributed by atoms with Crippen LogP contribution in [0.4, 0.5) is 0 Å². The Morgan fingerprint density at radius 1 is 1.12 bits per heavy atom. The fraction of sp³-hybridized carbons (Fsp3) is 0.158. The van der Waals surface area contributed by atoms with E-state index < -0.39 is 11.9 Å². The summed E-state index contributed by atoms with van der Waals surface area (Å²) in [5.41, 5.74) is 3.28. The van der Waals surface area contributed by atoms with Gasteiger partial charge in [-0.25, -0.2) is 0 Å². The maximum absolute atomic E-state index is 12.2. The number of halogens is 1. The quantitative estimate of drug-likeness (QED) is 0.714. The highest BCUT2D eigenvalue weighted by Crippen LogP contribution is 2.30. The molecule has 6 heteroatoms. The van der Waals surface area contributed by atoms with Crippen LogP contribution in [0.2, 0.25) is 5.02 Å². The molecule has 3 rings (SSSR count). The van der Waals surface area contributed by atoms with Crippen molar-refractivity contribution in [1.29, 1.82) is 0 Å². The zero-order valence-electron chi connectivity index (χ0n) is 13.5. The van der Waals surface area contributed by atoms with Gasteiger partial charge in [-0.3, -0.25) is 9.59 Å². The molecule has 0 aliphatic carbocycles. The molecule has 1 aromatic heterocycles. The number of furan rings is 1. The van der Waals surface area contributed by atoms with Crippen molar-refractivity contribution in [1.82, 2.24) is 5.32 Å². The first kappa shape index (κ1) is 17.0. The van der Waals surface area contributed by atoms with E-state index in [9.17, 15) is 9.59 Å². The molecule has 0 aliphatic rings. The summed E-state index contributed by atoms with van der Waals surface area (Å²) in [5.74, 6) is -1.18. The maximum Gasteiger partial charge on any atom is 0.305 e.